The number of nitrogens with two attached hydrogens (primary N) is 1. The van der Waals surface area contributed by atoms with Crippen molar-refractivity contribution in [3.8, 4) is 6.07 Å². The summed E-state index contributed by atoms with van der Waals surface area (Å²) in [5.74, 6) is 0.206. The molecule has 0 radical (unpaired) electrons. The Morgan fingerprint density at radius 3 is 3.00 bits per heavy atom. The van der Waals surface area contributed by atoms with Crippen molar-refractivity contribution >= 4 is 5.82 Å². The van der Waals surface area contributed by atoms with Crippen LogP contribution in [0, 0.1) is 11.3 Å². The van der Waals surface area contributed by atoms with Gasteiger partial charge in [-0.2, -0.15) is 5.26 Å². The van der Waals surface area contributed by atoms with Gasteiger partial charge in [0.15, 0.2) is 11.5 Å². The highest BCUT2D eigenvalue weighted by atomic mass is 14.9. The zero-order valence-corrected chi connectivity index (χ0v) is 6.91. The molecule has 0 bridgehead atoms. The summed E-state index contributed by atoms with van der Waals surface area (Å²) in [7, 11) is 0. The van der Waals surface area contributed by atoms with Crippen LogP contribution in [-0.4, -0.2) is 9.97 Å². The van der Waals surface area contributed by atoms with Crippen LogP contribution in [0.5, 0.6) is 0 Å². The van der Waals surface area contributed by atoms with Crippen molar-refractivity contribution in [2.24, 2.45) is 0 Å². The van der Waals surface area contributed by atoms with Gasteiger partial charge >= 0.3 is 0 Å². The van der Waals surface area contributed by atoms with Crippen LogP contribution in [0.25, 0.3) is 0 Å². The van der Waals surface area contributed by atoms with Crippen molar-refractivity contribution in [3.05, 3.63) is 17.6 Å². The number of hydrogen-bond acceptors (Lipinski definition) is 4. The molecule has 0 aliphatic rings. The first-order chi connectivity index (χ1) is 5.77. The molecule has 1 aromatic rings. The van der Waals surface area contributed by atoms with Gasteiger partial charge in [0.25, 0.3) is 0 Å². The van der Waals surface area contributed by atoms with Crippen LogP contribution in [0.4, 0.5) is 5.82 Å². The monoisotopic (exact) mass is 162 g/mol. The molecule has 0 atom stereocenters. The molecule has 0 fully saturated rings. The number of nitrogens with zero attached hydrogens (tertiary/aromatic N) is 3. The summed E-state index contributed by atoms with van der Waals surface area (Å²) in [6.07, 6.45) is 3.44. The Kier molecular flexibility index (Phi) is 2.59. The van der Waals surface area contributed by atoms with Crippen LogP contribution in [0.3, 0.4) is 0 Å². The molecule has 62 valence electrons. The third-order valence-corrected chi connectivity index (χ3v) is 1.46. The Labute approximate surface area is 71.1 Å². The van der Waals surface area contributed by atoms with E-state index < -0.39 is 0 Å². The lowest BCUT2D eigenvalue weighted by Crippen LogP contribution is -2.00. The van der Waals surface area contributed by atoms with Gasteiger partial charge in [0.2, 0.25) is 0 Å². The Balaban J connectivity index is 2.99. The smallest absolute Gasteiger partial charge is 0.183 e. The summed E-state index contributed by atoms with van der Waals surface area (Å²) in [4.78, 5) is 7.89. The first-order valence-corrected chi connectivity index (χ1v) is 3.79. The van der Waals surface area contributed by atoms with Crippen molar-refractivity contribution < 1.29 is 0 Å². The topological polar surface area (TPSA) is 75.6 Å². The van der Waals surface area contributed by atoms with Crippen molar-refractivity contribution in [2.45, 2.75) is 19.8 Å². The molecule has 1 aromatic heterocycles. The van der Waals surface area contributed by atoms with Gasteiger partial charge in [0.05, 0.1) is 11.9 Å². The standard InChI is InChI=1S/C8H10N4/c1-2-3-6-5-11-8(10)7(4-9)12-6/h5H,2-3H2,1H3,(H2,10,11). The maximum Gasteiger partial charge on any atom is 0.183 e. The molecule has 0 amide bonds. The minimum absolute atomic E-state index is 0.206. The molecule has 2 N–H and O–H groups in total. The minimum Gasteiger partial charge on any atom is -0.381 e. The molecule has 12 heavy (non-hydrogen) atoms. The zero-order chi connectivity index (χ0) is 8.97. The average molecular weight is 162 g/mol. The Bertz CT molecular complexity index is 313. The second-order valence-corrected chi connectivity index (χ2v) is 2.46. The fourth-order valence-electron chi connectivity index (χ4n) is 0.894. The summed E-state index contributed by atoms with van der Waals surface area (Å²) in [5, 5.41) is 8.58. The Morgan fingerprint density at radius 1 is 1.67 bits per heavy atom. The van der Waals surface area contributed by atoms with Crippen LogP contribution in [-0.2, 0) is 6.42 Å². The van der Waals surface area contributed by atoms with Crippen LogP contribution in [0.1, 0.15) is 24.7 Å². The summed E-state index contributed by atoms with van der Waals surface area (Å²) < 4.78 is 0. The molecule has 1 rings (SSSR count). The molecule has 0 aliphatic heterocycles. The van der Waals surface area contributed by atoms with E-state index in [2.05, 4.69) is 9.97 Å². The summed E-state index contributed by atoms with van der Waals surface area (Å²) in [5.41, 5.74) is 6.45. The van der Waals surface area contributed by atoms with Crippen molar-refractivity contribution in [3.63, 3.8) is 0 Å². The molecule has 0 aliphatic carbocycles. The van der Waals surface area contributed by atoms with E-state index in [0.29, 0.717) is 0 Å². The first-order valence-electron chi connectivity index (χ1n) is 3.79. The number of aryl methyl sites for hydroxylation is 1. The van der Waals surface area contributed by atoms with Gasteiger partial charge in [-0.05, 0) is 6.42 Å². The normalized spacial score (nSPS) is 9.33. The molecule has 0 saturated heterocycles. The quantitative estimate of drug-likeness (QED) is 0.700. The van der Waals surface area contributed by atoms with E-state index in [4.69, 9.17) is 11.0 Å². The fourth-order valence-corrected chi connectivity index (χ4v) is 0.894. The number of nitrogen functional groups attached to an aromatic ring is 1. The van der Waals surface area contributed by atoms with E-state index in [1.807, 2.05) is 13.0 Å². The molecular formula is C8H10N4. The lowest BCUT2D eigenvalue weighted by Gasteiger charge is -1.98. The number of anilines is 1. The molecule has 4 heteroatoms. The van der Waals surface area contributed by atoms with E-state index in [0.717, 1.165) is 18.5 Å². The van der Waals surface area contributed by atoms with Crippen molar-refractivity contribution in [1.82, 2.24) is 9.97 Å². The second-order valence-electron chi connectivity index (χ2n) is 2.46. The van der Waals surface area contributed by atoms with Crippen molar-refractivity contribution in [2.75, 3.05) is 5.73 Å². The summed E-state index contributed by atoms with van der Waals surface area (Å²) >= 11 is 0. The maximum atomic E-state index is 8.58. The Hall–Kier alpha value is -1.63. The number of hydrogen-bond donors (Lipinski definition) is 1. The van der Waals surface area contributed by atoms with Crippen molar-refractivity contribution in [1.29, 1.82) is 5.26 Å². The van der Waals surface area contributed by atoms with Gasteiger partial charge in [-0.15, -0.1) is 0 Å². The van der Waals surface area contributed by atoms with Crippen LogP contribution < -0.4 is 5.73 Å². The predicted molar refractivity (Wildman–Crippen MR) is 45.2 cm³/mol. The molecule has 0 unspecified atom stereocenters. The van der Waals surface area contributed by atoms with Crippen LogP contribution >= 0.6 is 0 Å². The van der Waals surface area contributed by atoms with E-state index in [1.54, 1.807) is 6.20 Å². The molecule has 0 aromatic carbocycles. The maximum absolute atomic E-state index is 8.58. The SMILES string of the molecule is CCCc1cnc(N)c(C#N)n1. The third-order valence-electron chi connectivity index (χ3n) is 1.46. The molecule has 1 heterocycles. The Morgan fingerprint density at radius 2 is 2.42 bits per heavy atom. The minimum atomic E-state index is 0.206. The molecular weight excluding hydrogens is 152 g/mol. The highest BCUT2D eigenvalue weighted by molar-refractivity contribution is 5.42. The number of rotatable bonds is 2. The van der Waals surface area contributed by atoms with Crippen LogP contribution in [0.2, 0.25) is 0 Å². The lowest BCUT2D eigenvalue weighted by atomic mass is 10.2. The first kappa shape index (κ1) is 8.47. The zero-order valence-electron chi connectivity index (χ0n) is 6.91. The number of aromatic nitrogens is 2. The highest BCUT2D eigenvalue weighted by Gasteiger charge is 2.01. The van der Waals surface area contributed by atoms with Gasteiger partial charge in [0.1, 0.15) is 6.07 Å². The van der Waals surface area contributed by atoms with Gasteiger partial charge in [-0.3, -0.25) is 0 Å². The summed E-state index contributed by atoms with van der Waals surface area (Å²) in [6, 6.07) is 1.90. The van der Waals surface area contributed by atoms with E-state index >= 15 is 0 Å². The largest absolute Gasteiger partial charge is 0.381 e. The van der Waals surface area contributed by atoms with Gasteiger partial charge < -0.3 is 5.73 Å². The van der Waals surface area contributed by atoms with E-state index in [1.165, 1.54) is 0 Å². The average Bonchev–Trinajstić information content (AvgIpc) is 2.09. The highest BCUT2D eigenvalue weighted by Crippen LogP contribution is 2.05. The van der Waals surface area contributed by atoms with Crippen LogP contribution in [0.15, 0.2) is 6.20 Å². The van der Waals surface area contributed by atoms with Gasteiger partial charge in [0, 0.05) is 0 Å². The van der Waals surface area contributed by atoms with Gasteiger partial charge in [-0.1, -0.05) is 13.3 Å². The molecule has 4 nitrogen and oxygen atoms in total. The second kappa shape index (κ2) is 3.67. The van der Waals surface area contributed by atoms with Gasteiger partial charge in [-0.25, -0.2) is 9.97 Å². The lowest BCUT2D eigenvalue weighted by molar-refractivity contribution is 0.868. The number of nitriles is 1. The fraction of sp³-hybridized carbons (Fsp3) is 0.375. The molecule has 0 saturated carbocycles. The predicted octanol–water partition coefficient (Wildman–Crippen LogP) is 0.883. The van der Waals surface area contributed by atoms with E-state index in [-0.39, 0.29) is 11.5 Å². The molecule has 0 spiro atoms. The summed E-state index contributed by atoms with van der Waals surface area (Å²) in [6.45, 7) is 2.05. The third kappa shape index (κ3) is 1.70. The van der Waals surface area contributed by atoms with E-state index in [9.17, 15) is 0 Å².